The molecule has 0 unspecified atom stereocenters. The first-order valence-corrected chi connectivity index (χ1v) is 13.4. The molecule has 0 radical (unpaired) electrons. The van der Waals surface area contributed by atoms with Gasteiger partial charge in [-0.05, 0) is 62.6 Å². The van der Waals surface area contributed by atoms with Crippen molar-refractivity contribution in [3.05, 3.63) is 85.9 Å². The van der Waals surface area contributed by atoms with Gasteiger partial charge in [0.2, 0.25) is 11.8 Å². The number of oxazole rings is 1. The Morgan fingerprint density at radius 1 is 1.10 bits per heavy atom. The van der Waals surface area contributed by atoms with E-state index in [-0.39, 0.29) is 43.5 Å². The van der Waals surface area contributed by atoms with Gasteiger partial charge in [0, 0.05) is 49.8 Å². The monoisotopic (exact) mass is 586 g/mol. The lowest BCUT2D eigenvalue weighted by molar-refractivity contribution is -0.142. The number of hydrogen-bond donors (Lipinski definition) is 2. The number of esters is 1. The second-order valence-corrected chi connectivity index (χ2v) is 10.9. The normalized spacial score (nSPS) is 11.2. The van der Waals surface area contributed by atoms with Crippen LogP contribution in [0, 0.1) is 6.92 Å². The Morgan fingerprint density at radius 2 is 1.83 bits per heavy atom. The summed E-state index contributed by atoms with van der Waals surface area (Å²) in [6, 6.07) is 6.98. The number of amides is 2. The highest BCUT2D eigenvalue weighted by molar-refractivity contribution is 6.30. The maximum Gasteiger partial charge on any atom is 0.407 e. The molecule has 220 valence electrons. The van der Waals surface area contributed by atoms with Gasteiger partial charge in [0.15, 0.2) is 6.61 Å². The molecule has 0 saturated carbocycles. The van der Waals surface area contributed by atoms with E-state index in [1.165, 1.54) is 17.8 Å². The number of aromatic nitrogens is 2. The zero-order valence-electron chi connectivity index (χ0n) is 23.8. The van der Waals surface area contributed by atoms with Gasteiger partial charge in [-0.25, -0.2) is 9.78 Å². The van der Waals surface area contributed by atoms with Crippen molar-refractivity contribution in [3.8, 4) is 0 Å². The summed E-state index contributed by atoms with van der Waals surface area (Å²) >= 11 is 6.18. The third kappa shape index (κ3) is 10.1. The van der Waals surface area contributed by atoms with Gasteiger partial charge in [-0.3, -0.25) is 14.4 Å². The lowest BCUT2D eigenvalue weighted by Crippen LogP contribution is -2.33. The molecule has 3 rings (SSSR count). The SMILES string of the molecule is CC(=O)OCc1nc(CCn2ccc(C)c(CC(=O)NCc3cc(Cl)ccc3CNC(=O)OC(C)(C)C)c2=O)co1. The van der Waals surface area contributed by atoms with Crippen molar-refractivity contribution in [3.63, 3.8) is 0 Å². The zero-order chi connectivity index (χ0) is 30.2. The summed E-state index contributed by atoms with van der Waals surface area (Å²) < 4.78 is 17.0. The molecule has 1 aromatic carbocycles. The Morgan fingerprint density at radius 3 is 2.54 bits per heavy atom. The molecule has 0 aliphatic rings. The molecule has 2 amide bonds. The minimum Gasteiger partial charge on any atom is -0.456 e. The molecule has 0 aliphatic carbocycles. The molecule has 0 saturated heterocycles. The maximum atomic E-state index is 13.2. The highest BCUT2D eigenvalue weighted by Gasteiger charge is 2.17. The first kappa shape index (κ1) is 31.4. The summed E-state index contributed by atoms with van der Waals surface area (Å²) in [5.41, 5.74) is 2.30. The summed E-state index contributed by atoms with van der Waals surface area (Å²) in [5, 5.41) is 6.04. The summed E-state index contributed by atoms with van der Waals surface area (Å²) in [4.78, 5) is 53.3. The number of nitrogens with zero attached hydrogens (tertiary/aromatic N) is 2. The van der Waals surface area contributed by atoms with E-state index in [0.29, 0.717) is 34.8 Å². The van der Waals surface area contributed by atoms with Gasteiger partial charge in [-0.2, -0.15) is 0 Å². The van der Waals surface area contributed by atoms with Gasteiger partial charge >= 0.3 is 12.1 Å². The third-order valence-electron chi connectivity index (χ3n) is 5.91. The van der Waals surface area contributed by atoms with Crippen molar-refractivity contribution in [1.82, 2.24) is 20.2 Å². The number of ether oxygens (including phenoxy) is 2. The fourth-order valence-electron chi connectivity index (χ4n) is 3.86. The number of carbonyl (C=O) groups excluding carboxylic acids is 3. The van der Waals surface area contributed by atoms with Crippen molar-refractivity contribution in [1.29, 1.82) is 0 Å². The minimum absolute atomic E-state index is 0.0595. The number of halogens is 1. The molecule has 2 aromatic heterocycles. The van der Waals surface area contributed by atoms with Gasteiger partial charge in [-0.15, -0.1) is 0 Å². The zero-order valence-corrected chi connectivity index (χ0v) is 24.6. The van der Waals surface area contributed by atoms with Crippen LogP contribution < -0.4 is 16.2 Å². The van der Waals surface area contributed by atoms with E-state index >= 15 is 0 Å². The summed E-state index contributed by atoms with van der Waals surface area (Å²) in [5.74, 6) is -0.497. The van der Waals surface area contributed by atoms with Crippen LogP contribution in [0.25, 0.3) is 0 Å². The van der Waals surface area contributed by atoms with Gasteiger partial charge in [0.05, 0.1) is 12.1 Å². The average Bonchev–Trinajstić information content (AvgIpc) is 3.34. The summed E-state index contributed by atoms with van der Waals surface area (Å²) in [7, 11) is 0. The molecule has 12 heteroatoms. The Labute approximate surface area is 243 Å². The van der Waals surface area contributed by atoms with E-state index in [1.54, 1.807) is 58.2 Å². The van der Waals surface area contributed by atoms with E-state index < -0.39 is 17.7 Å². The molecular formula is C29H35ClN4O7. The van der Waals surface area contributed by atoms with E-state index in [1.807, 2.05) is 0 Å². The molecule has 2 N–H and O–H groups in total. The van der Waals surface area contributed by atoms with Crippen molar-refractivity contribution in [2.24, 2.45) is 0 Å². The molecule has 0 aliphatic heterocycles. The number of nitrogens with one attached hydrogen (secondary N) is 2. The molecule has 2 heterocycles. The van der Waals surface area contributed by atoms with Gasteiger partial charge in [-0.1, -0.05) is 17.7 Å². The molecule has 11 nitrogen and oxygen atoms in total. The fraction of sp³-hybridized carbons (Fsp3) is 0.414. The number of rotatable bonds is 11. The lowest BCUT2D eigenvalue weighted by atomic mass is 10.1. The van der Waals surface area contributed by atoms with E-state index in [0.717, 1.165) is 11.1 Å². The highest BCUT2D eigenvalue weighted by Crippen LogP contribution is 2.17. The largest absolute Gasteiger partial charge is 0.456 e. The summed E-state index contributed by atoms with van der Waals surface area (Å²) in [6.45, 7) is 9.03. The number of carbonyl (C=O) groups is 3. The molecule has 0 spiro atoms. The summed E-state index contributed by atoms with van der Waals surface area (Å²) in [6.07, 6.45) is 2.89. The van der Waals surface area contributed by atoms with Crippen LogP contribution >= 0.6 is 11.6 Å². The maximum absolute atomic E-state index is 13.2. The Balaban J connectivity index is 1.61. The van der Waals surface area contributed by atoms with Crippen LogP contribution in [-0.4, -0.2) is 33.1 Å². The molecule has 0 fully saturated rings. The Bertz CT molecular complexity index is 1460. The Hall–Kier alpha value is -4.12. The van der Waals surface area contributed by atoms with Gasteiger partial charge < -0.3 is 29.1 Å². The van der Waals surface area contributed by atoms with Crippen molar-refractivity contribution in [2.45, 2.75) is 79.3 Å². The quantitative estimate of drug-likeness (QED) is 0.321. The molecule has 0 bridgehead atoms. The van der Waals surface area contributed by atoms with Crippen LogP contribution in [0.2, 0.25) is 5.02 Å². The molecular weight excluding hydrogens is 552 g/mol. The molecule has 0 atom stereocenters. The van der Waals surface area contributed by atoms with E-state index in [9.17, 15) is 19.2 Å². The average molecular weight is 587 g/mol. The lowest BCUT2D eigenvalue weighted by Gasteiger charge is -2.20. The Kier molecular flexibility index (Phi) is 10.7. The number of alkyl carbamates (subject to hydrolysis) is 1. The van der Waals surface area contributed by atoms with Crippen molar-refractivity contribution in [2.75, 3.05) is 0 Å². The molecule has 3 aromatic rings. The first-order chi connectivity index (χ1) is 19.3. The van der Waals surface area contributed by atoms with E-state index in [2.05, 4.69) is 15.6 Å². The van der Waals surface area contributed by atoms with Crippen molar-refractivity contribution < 1.29 is 28.3 Å². The minimum atomic E-state index is -0.624. The number of aryl methyl sites for hydroxylation is 3. The van der Waals surface area contributed by atoms with Crippen LogP contribution in [-0.2, 0) is 58.1 Å². The van der Waals surface area contributed by atoms with Crippen LogP contribution in [0.15, 0.2) is 45.9 Å². The second-order valence-electron chi connectivity index (χ2n) is 10.5. The van der Waals surface area contributed by atoms with Crippen LogP contribution in [0.4, 0.5) is 4.79 Å². The van der Waals surface area contributed by atoms with Gasteiger partial charge in [0.25, 0.3) is 5.56 Å². The predicted octanol–water partition coefficient (Wildman–Crippen LogP) is 3.99. The predicted molar refractivity (Wildman–Crippen MR) is 151 cm³/mol. The van der Waals surface area contributed by atoms with Crippen molar-refractivity contribution >= 4 is 29.6 Å². The van der Waals surface area contributed by atoms with Crippen LogP contribution in [0.3, 0.4) is 0 Å². The highest BCUT2D eigenvalue weighted by atomic mass is 35.5. The van der Waals surface area contributed by atoms with Gasteiger partial charge in [0.1, 0.15) is 11.9 Å². The fourth-order valence-corrected chi connectivity index (χ4v) is 4.06. The number of pyridine rings is 1. The van der Waals surface area contributed by atoms with E-state index in [4.69, 9.17) is 25.5 Å². The van der Waals surface area contributed by atoms with Crippen LogP contribution in [0.5, 0.6) is 0 Å². The topological polar surface area (TPSA) is 142 Å². The number of hydrogen-bond acceptors (Lipinski definition) is 8. The second kappa shape index (κ2) is 14.0. The van der Waals surface area contributed by atoms with Crippen LogP contribution in [0.1, 0.15) is 61.5 Å². The third-order valence-corrected chi connectivity index (χ3v) is 6.15. The number of benzene rings is 1. The standard InChI is InChI=1S/C29H35ClN4O7/c1-18-8-10-34(11-9-23-16-40-26(33-23)17-39-19(2)35)27(37)24(18)13-25(36)31-15-21-12-22(30)7-6-20(21)14-32-28(38)41-29(3,4)5/h6-8,10,12,16H,9,11,13-15,17H2,1-5H3,(H,31,36)(H,32,38). The molecule has 41 heavy (non-hydrogen) atoms. The smallest absolute Gasteiger partial charge is 0.407 e. The first-order valence-electron chi connectivity index (χ1n) is 13.1.